The van der Waals surface area contributed by atoms with Gasteiger partial charge in [-0.15, -0.1) is 10.2 Å². The third-order valence-electron chi connectivity index (χ3n) is 6.06. The number of piperidine rings is 1. The van der Waals surface area contributed by atoms with Crippen molar-refractivity contribution in [2.75, 3.05) is 18.0 Å². The molecule has 2 aromatic carbocycles. The zero-order valence-corrected chi connectivity index (χ0v) is 18.4. The van der Waals surface area contributed by atoms with Gasteiger partial charge in [-0.2, -0.15) is 0 Å². The van der Waals surface area contributed by atoms with Crippen molar-refractivity contribution in [2.24, 2.45) is 5.92 Å². The lowest BCUT2D eigenvalue weighted by Crippen LogP contribution is -2.43. The summed E-state index contributed by atoms with van der Waals surface area (Å²) in [4.78, 5) is 14.9. The minimum absolute atomic E-state index is 0.0324. The van der Waals surface area contributed by atoms with E-state index in [1.54, 1.807) is 6.07 Å². The molecule has 0 aliphatic carbocycles. The Hall–Kier alpha value is -3.28. The molecule has 1 aliphatic heterocycles. The molecule has 1 saturated heterocycles. The van der Waals surface area contributed by atoms with Crippen molar-refractivity contribution in [3.63, 3.8) is 0 Å². The van der Waals surface area contributed by atoms with Crippen LogP contribution in [0.25, 0.3) is 11.3 Å². The Labute approximate surface area is 188 Å². The Kier molecular flexibility index (Phi) is 7.10. The number of nitrogens with one attached hydrogen (secondary N) is 1. The summed E-state index contributed by atoms with van der Waals surface area (Å²) in [6, 6.07) is 20.6. The van der Waals surface area contributed by atoms with Crippen molar-refractivity contribution < 1.29 is 9.18 Å². The Bertz CT molecular complexity index is 1020. The normalized spacial score (nSPS) is 15.4. The number of aromatic nitrogens is 2. The SMILES string of the molecule is C[C@@H](CCc1ccccc1)NC(=O)C1CCN(c2ccc(-c3cccc(F)c3)nn2)CC1. The van der Waals surface area contributed by atoms with E-state index in [0.717, 1.165) is 44.6 Å². The van der Waals surface area contributed by atoms with Gasteiger partial charge in [0.15, 0.2) is 5.82 Å². The lowest BCUT2D eigenvalue weighted by Gasteiger charge is -2.32. The molecular formula is C26H29FN4O. The first-order valence-corrected chi connectivity index (χ1v) is 11.3. The van der Waals surface area contributed by atoms with Crippen molar-refractivity contribution in [3.05, 3.63) is 78.1 Å². The van der Waals surface area contributed by atoms with Crippen LogP contribution in [0.4, 0.5) is 10.2 Å². The van der Waals surface area contributed by atoms with Gasteiger partial charge in [-0.25, -0.2) is 4.39 Å². The molecule has 32 heavy (non-hydrogen) atoms. The monoisotopic (exact) mass is 432 g/mol. The minimum atomic E-state index is -0.289. The highest BCUT2D eigenvalue weighted by Gasteiger charge is 2.26. The number of hydrogen-bond donors (Lipinski definition) is 1. The van der Waals surface area contributed by atoms with Crippen LogP contribution < -0.4 is 10.2 Å². The first kappa shape index (κ1) is 21.9. The molecule has 1 atom stereocenters. The first-order chi connectivity index (χ1) is 15.6. The number of benzene rings is 2. The second kappa shape index (κ2) is 10.4. The summed E-state index contributed by atoms with van der Waals surface area (Å²) >= 11 is 0. The van der Waals surface area contributed by atoms with Gasteiger partial charge < -0.3 is 10.2 Å². The van der Waals surface area contributed by atoms with Gasteiger partial charge in [0, 0.05) is 30.6 Å². The van der Waals surface area contributed by atoms with Crippen molar-refractivity contribution in [3.8, 4) is 11.3 Å². The zero-order chi connectivity index (χ0) is 22.3. The maximum absolute atomic E-state index is 13.4. The second-order valence-corrected chi connectivity index (χ2v) is 8.48. The number of halogens is 1. The summed E-state index contributed by atoms with van der Waals surface area (Å²) in [5.41, 5.74) is 2.65. The van der Waals surface area contributed by atoms with Gasteiger partial charge in [-0.05, 0) is 62.4 Å². The van der Waals surface area contributed by atoms with Gasteiger partial charge >= 0.3 is 0 Å². The molecule has 0 spiro atoms. The summed E-state index contributed by atoms with van der Waals surface area (Å²) in [5, 5.41) is 11.8. The van der Waals surface area contributed by atoms with Crippen LogP contribution in [0.15, 0.2) is 66.7 Å². The molecule has 6 heteroatoms. The van der Waals surface area contributed by atoms with Crippen molar-refractivity contribution in [1.29, 1.82) is 0 Å². The van der Waals surface area contributed by atoms with Crippen LogP contribution in [-0.4, -0.2) is 35.2 Å². The van der Waals surface area contributed by atoms with Gasteiger partial charge in [0.25, 0.3) is 0 Å². The molecule has 0 saturated carbocycles. The van der Waals surface area contributed by atoms with E-state index in [1.807, 2.05) is 36.4 Å². The predicted molar refractivity (Wildman–Crippen MR) is 125 cm³/mol. The molecule has 5 nitrogen and oxygen atoms in total. The molecule has 166 valence electrons. The number of rotatable bonds is 7. The molecule has 1 aromatic heterocycles. The average Bonchev–Trinajstić information content (AvgIpc) is 2.83. The Morgan fingerprint density at radius 2 is 1.84 bits per heavy atom. The largest absolute Gasteiger partial charge is 0.355 e. The number of amides is 1. The van der Waals surface area contributed by atoms with E-state index in [0.29, 0.717) is 11.3 Å². The van der Waals surface area contributed by atoms with E-state index < -0.39 is 0 Å². The number of carbonyl (C=O) groups is 1. The fourth-order valence-corrected chi connectivity index (χ4v) is 4.13. The van der Waals surface area contributed by atoms with Crippen LogP contribution in [-0.2, 0) is 11.2 Å². The highest BCUT2D eigenvalue weighted by Crippen LogP contribution is 2.24. The number of hydrogen-bond acceptors (Lipinski definition) is 4. The molecule has 0 bridgehead atoms. The molecule has 1 amide bonds. The van der Waals surface area contributed by atoms with E-state index in [-0.39, 0.29) is 23.7 Å². The topological polar surface area (TPSA) is 58.1 Å². The molecule has 0 unspecified atom stereocenters. The Morgan fingerprint density at radius 1 is 1.06 bits per heavy atom. The van der Waals surface area contributed by atoms with E-state index in [2.05, 4.69) is 39.5 Å². The van der Waals surface area contributed by atoms with E-state index in [9.17, 15) is 9.18 Å². The quantitative estimate of drug-likeness (QED) is 0.591. The van der Waals surface area contributed by atoms with Gasteiger partial charge in [0.2, 0.25) is 5.91 Å². The fourth-order valence-electron chi connectivity index (χ4n) is 4.13. The number of anilines is 1. The van der Waals surface area contributed by atoms with E-state index >= 15 is 0 Å². The Balaban J connectivity index is 1.25. The van der Waals surface area contributed by atoms with E-state index in [1.165, 1.54) is 17.7 Å². The third-order valence-corrected chi connectivity index (χ3v) is 6.06. The fraction of sp³-hybridized carbons (Fsp3) is 0.346. The summed E-state index contributed by atoms with van der Waals surface area (Å²) in [6.07, 6.45) is 3.49. The van der Waals surface area contributed by atoms with Gasteiger partial charge in [0.1, 0.15) is 5.82 Å². The highest BCUT2D eigenvalue weighted by molar-refractivity contribution is 5.79. The first-order valence-electron chi connectivity index (χ1n) is 11.3. The van der Waals surface area contributed by atoms with Gasteiger partial charge in [0.05, 0.1) is 5.69 Å². The number of carbonyl (C=O) groups excluding carboxylic acids is 1. The summed E-state index contributed by atoms with van der Waals surface area (Å²) < 4.78 is 13.4. The third kappa shape index (κ3) is 5.69. The van der Waals surface area contributed by atoms with Crippen LogP contribution in [0.1, 0.15) is 31.7 Å². The molecule has 1 N–H and O–H groups in total. The second-order valence-electron chi connectivity index (χ2n) is 8.48. The molecule has 3 aromatic rings. The van der Waals surface area contributed by atoms with Crippen LogP contribution in [0.2, 0.25) is 0 Å². The molecule has 2 heterocycles. The van der Waals surface area contributed by atoms with Gasteiger partial charge in [-0.1, -0.05) is 42.5 Å². The van der Waals surface area contributed by atoms with Gasteiger partial charge in [-0.3, -0.25) is 4.79 Å². The lowest BCUT2D eigenvalue weighted by atomic mass is 9.95. The predicted octanol–water partition coefficient (Wildman–Crippen LogP) is 4.64. The van der Waals surface area contributed by atoms with Crippen LogP contribution >= 0.6 is 0 Å². The minimum Gasteiger partial charge on any atom is -0.355 e. The van der Waals surface area contributed by atoms with Crippen molar-refractivity contribution >= 4 is 11.7 Å². The van der Waals surface area contributed by atoms with Crippen LogP contribution in [0.3, 0.4) is 0 Å². The van der Waals surface area contributed by atoms with Crippen LogP contribution in [0.5, 0.6) is 0 Å². The molecule has 1 aliphatic rings. The molecule has 1 fully saturated rings. The molecule has 4 rings (SSSR count). The highest BCUT2D eigenvalue weighted by atomic mass is 19.1. The zero-order valence-electron chi connectivity index (χ0n) is 18.4. The summed E-state index contributed by atoms with van der Waals surface area (Å²) in [6.45, 7) is 3.61. The summed E-state index contributed by atoms with van der Waals surface area (Å²) in [7, 11) is 0. The smallest absolute Gasteiger partial charge is 0.223 e. The van der Waals surface area contributed by atoms with Crippen LogP contribution in [0, 0.1) is 11.7 Å². The lowest BCUT2D eigenvalue weighted by molar-refractivity contribution is -0.126. The summed E-state index contributed by atoms with van der Waals surface area (Å²) in [5.74, 6) is 0.686. The average molecular weight is 433 g/mol. The maximum Gasteiger partial charge on any atom is 0.223 e. The maximum atomic E-state index is 13.4. The van der Waals surface area contributed by atoms with Crippen molar-refractivity contribution in [2.45, 2.75) is 38.6 Å². The molecule has 0 radical (unpaired) electrons. The standard InChI is InChI=1S/C26H29FN4O/c1-19(10-11-20-6-3-2-4-7-20)28-26(32)21-14-16-31(17-15-21)25-13-12-24(29-30-25)22-8-5-9-23(27)18-22/h2-9,12-13,18-19,21H,10-11,14-17H2,1H3,(H,28,32)/t19-/m0/s1. The van der Waals surface area contributed by atoms with E-state index in [4.69, 9.17) is 0 Å². The number of aryl methyl sites for hydroxylation is 1. The molecular weight excluding hydrogens is 403 g/mol. The number of nitrogens with zero attached hydrogens (tertiary/aromatic N) is 3. The Morgan fingerprint density at radius 3 is 2.53 bits per heavy atom. The van der Waals surface area contributed by atoms with Crippen molar-refractivity contribution in [1.82, 2.24) is 15.5 Å².